The Morgan fingerprint density at radius 3 is 2.44 bits per heavy atom. The molecule has 6 heteroatoms. The number of nitrogens with zero attached hydrogens (tertiary/aromatic N) is 1. The Labute approximate surface area is 112 Å². The van der Waals surface area contributed by atoms with Crippen molar-refractivity contribution in [1.82, 2.24) is 4.98 Å². The van der Waals surface area contributed by atoms with Crippen LogP contribution in [-0.2, 0) is 12.6 Å². The number of alkyl halides is 3. The molecule has 0 bridgehead atoms. The number of halogens is 5. The summed E-state index contributed by atoms with van der Waals surface area (Å²) in [5.74, 6) is 0. The largest absolute Gasteiger partial charge is 0.417 e. The lowest BCUT2D eigenvalue weighted by atomic mass is 10.1. The van der Waals surface area contributed by atoms with E-state index in [1.165, 1.54) is 12.1 Å². The van der Waals surface area contributed by atoms with Gasteiger partial charge in [0.15, 0.2) is 0 Å². The van der Waals surface area contributed by atoms with Crippen LogP contribution in [0, 0.1) is 0 Å². The van der Waals surface area contributed by atoms with Gasteiger partial charge in [0.1, 0.15) is 5.15 Å². The lowest BCUT2D eigenvalue weighted by molar-refractivity contribution is -0.136. The SMILES string of the molecule is CCc1cc2c(C(F)(F)F)ccc(Cl)c2nc1Cl. The maximum atomic E-state index is 12.9. The molecule has 0 aliphatic carbocycles. The minimum absolute atomic E-state index is 0.0174. The van der Waals surface area contributed by atoms with E-state index in [1.807, 2.05) is 0 Å². The zero-order valence-electron chi connectivity index (χ0n) is 9.28. The van der Waals surface area contributed by atoms with E-state index in [0.717, 1.165) is 6.07 Å². The van der Waals surface area contributed by atoms with Crippen molar-refractivity contribution in [3.05, 3.63) is 39.5 Å². The van der Waals surface area contributed by atoms with Crippen molar-refractivity contribution in [1.29, 1.82) is 0 Å². The molecule has 0 atom stereocenters. The normalized spacial score (nSPS) is 12.1. The minimum atomic E-state index is -4.44. The van der Waals surface area contributed by atoms with Crippen molar-refractivity contribution in [3.63, 3.8) is 0 Å². The summed E-state index contributed by atoms with van der Waals surface area (Å²) in [4.78, 5) is 3.95. The maximum absolute atomic E-state index is 12.9. The van der Waals surface area contributed by atoms with Crippen molar-refractivity contribution < 1.29 is 13.2 Å². The Bertz CT molecular complexity index is 608. The van der Waals surface area contributed by atoms with Crippen LogP contribution < -0.4 is 0 Å². The average Bonchev–Trinajstić information content (AvgIpc) is 2.28. The third-order valence-electron chi connectivity index (χ3n) is 2.65. The summed E-state index contributed by atoms with van der Waals surface area (Å²) in [5.41, 5.74) is -0.105. The van der Waals surface area contributed by atoms with Crippen LogP contribution in [0.3, 0.4) is 0 Å². The van der Waals surface area contributed by atoms with Crippen molar-refractivity contribution >= 4 is 34.1 Å². The highest BCUT2D eigenvalue weighted by Gasteiger charge is 2.33. The standard InChI is InChI=1S/C12H8Cl2F3N/c1-2-6-5-7-8(12(15,16)17)3-4-9(13)10(7)18-11(6)14/h3-5H,2H2,1H3. The molecule has 1 aromatic heterocycles. The summed E-state index contributed by atoms with van der Waals surface area (Å²) in [5, 5.41) is 0.324. The monoisotopic (exact) mass is 293 g/mol. The van der Waals surface area contributed by atoms with Gasteiger partial charge in [0.05, 0.1) is 16.1 Å². The van der Waals surface area contributed by atoms with Gasteiger partial charge in [-0.15, -0.1) is 0 Å². The molecule has 0 spiro atoms. The first-order valence-electron chi connectivity index (χ1n) is 5.19. The fraction of sp³-hybridized carbons (Fsp3) is 0.250. The fourth-order valence-electron chi connectivity index (χ4n) is 1.74. The second-order valence-corrected chi connectivity index (χ2v) is 4.55. The summed E-state index contributed by atoms with van der Waals surface area (Å²) < 4.78 is 38.6. The average molecular weight is 294 g/mol. The van der Waals surface area contributed by atoms with Crippen LogP contribution >= 0.6 is 23.2 Å². The van der Waals surface area contributed by atoms with Gasteiger partial charge in [-0.3, -0.25) is 0 Å². The molecule has 96 valence electrons. The molecule has 1 nitrogen and oxygen atoms in total. The van der Waals surface area contributed by atoms with Gasteiger partial charge in [0.2, 0.25) is 0 Å². The number of pyridine rings is 1. The number of rotatable bonds is 1. The van der Waals surface area contributed by atoms with E-state index >= 15 is 0 Å². The summed E-state index contributed by atoms with van der Waals surface area (Å²) in [7, 11) is 0. The molecule has 2 aromatic rings. The molecule has 0 saturated heterocycles. The summed E-state index contributed by atoms with van der Waals surface area (Å²) in [6.07, 6.45) is -3.94. The highest BCUT2D eigenvalue weighted by Crippen LogP contribution is 2.38. The zero-order valence-corrected chi connectivity index (χ0v) is 10.8. The van der Waals surface area contributed by atoms with Crippen LogP contribution in [0.25, 0.3) is 10.9 Å². The highest BCUT2D eigenvalue weighted by molar-refractivity contribution is 6.36. The lowest BCUT2D eigenvalue weighted by Gasteiger charge is -2.12. The topological polar surface area (TPSA) is 12.9 Å². The Hall–Kier alpha value is -1.00. The quantitative estimate of drug-likeness (QED) is 0.665. The van der Waals surface area contributed by atoms with E-state index in [-0.39, 0.29) is 21.1 Å². The van der Waals surface area contributed by atoms with Crippen molar-refractivity contribution in [2.45, 2.75) is 19.5 Å². The smallest absolute Gasteiger partial charge is 0.234 e. The fourth-order valence-corrected chi connectivity index (χ4v) is 2.22. The van der Waals surface area contributed by atoms with E-state index in [2.05, 4.69) is 4.98 Å². The predicted octanol–water partition coefficient (Wildman–Crippen LogP) is 5.12. The Kier molecular flexibility index (Phi) is 3.43. The van der Waals surface area contributed by atoms with Crippen LogP contribution in [-0.4, -0.2) is 4.98 Å². The number of benzene rings is 1. The molecule has 0 saturated carbocycles. The molecule has 0 unspecified atom stereocenters. The minimum Gasteiger partial charge on any atom is -0.234 e. The maximum Gasteiger partial charge on any atom is 0.417 e. The third kappa shape index (κ3) is 2.27. The van der Waals surface area contributed by atoms with Gasteiger partial charge < -0.3 is 0 Å². The van der Waals surface area contributed by atoms with Crippen molar-refractivity contribution in [3.8, 4) is 0 Å². The van der Waals surface area contributed by atoms with Gasteiger partial charge >= 0.3 is 6.18 Å². The van der Waals surface area contributed by atoms with Crippen molar-refractivity contribution in [2.75, 3.05) is 0 Å². The summed E-state index contributed by atoms with van der Waals surface area (Å²) >= 11 is 11.7. The van der Waals surface area contributed by atoms with Crippen LogP contribution in [0.5, 0.6) is 0 Å². The number of aromatic nitrogens is 1. The van der Waals surface area contributed by atoms with Crippen molar-refractivity contribution in [2.24, 2.45) is 0 Å². The van der Waals surface area contributed by atoms with Gasteiger partial charge in [-0.2, -0.15) is 13.2 Å². The number of hydrogen-bond donors (Lipinski definition) is 0. The first-order chi connectivity index (χ1) is 8.34. The van der Waals surface area contributed by atoms with Crippen LogP contribution in [0.15, 0.2) is 18.2 Å². The number of aryl methyl sites for hydroxylation is 1. The molecule has 0 radical (unpaired) electrons. The van der Waals surface area contributed by atoms with E-state index in [1.54, 1.807) is 6.92 Å². The molecule has 0 aliphatic heterocycles. The Morgan fingerprint density at radius 1 is 1.22 bits per heavy atom. The molecule has 0 N–H and O–H groups in total. The molecule has 0 amide bonds. The second-order valence-electron chi connectivity index (χ2n) is 3.78. The molecular formula is C12H8Cl2F3N. The molecule has 0 aliphatic rings. The van der Waals surface area contributed by atoms with Gasteiger partial charge in [-0.1, -0.05) is 30.1 Å². The molecule has 0 fully saturated rings. The molecule has 1 heterocycles. The van der Waals surface area contributed by atoms with Gasteiger partial charge in [-0.25, -0.2) is 4.98 Å². The first kappa shape index (κ1) is 13.4. The molecule has 1 aromatic carbocycles. The molecule has 2 rings (SSSR count). The van der Waals surface area contributed by atoms with Gasteiger partial charge in [0.25, 0.3) is 0 Å². The highest BCUT2D eigenvalue weighted by atomic mass is 35.5. The number of fused-ring (bicyclic) bond motifs is 1. The van der Waals surface area contributed by atoms with Crippen LogP contribution in [0.4, 0.5) is 13.2 Å². The van der Waals surface area contributed by atoms with Crippen LogP contribution in [0.2, 0.25) is 10.2 Å². The number of hydrogen-bond acceptors (Lipinski definition) is 1. The van der Waals surface area contributed by atoms with Crippen LogP contribution in [0.1, 0.15) is 18.1 Å². The molecular weight excluding hydrogens is 286 g/mol. The third-order valence-corrected chi connectivity index (χ3v) is 3.28. The van der Waals surface area contributed by atoms with E-state index in [9.17, 15) is 13.2 Å². The first-order valence-corrected chi connectivity index (χ1v) is 5.95. The summed E-state index contributed by atoms with van der Waals surface area (Å²) in [6.45, 7) is 1.80. The van der Waals surface area contributed by atoms with E-state index in [0.29, 0.717) is 12.0 Å². The Morgan fingerprint density at radius 2 is 1.89 bits per heavy atom. The zero-order chi connectivity index (χ0) is 13.5. The Balaban J connectivity index is 2.87. The van der Waals surface area contributed by atoms with Gasteiger partial charge in [-0.05, 0) is 30.2 Å². The van der Waals surface area contributed by atoms with E-state index in [4.69, 9.17) is 23.2 Å². The lowest BCUT2D eigenvalue weighted by Crippen LogP contribution is -2.06. The van der Waals surface area contributed by atoms with Gasteiger partial charge in [0, 0.05) is 5.39 Å². The van der Waals surface area contributed by atoms with E-state index < -0.39 is 11.7 Å². The second kappa shape index (κ2) is 4.59. The molecule has 18 heavy (non-hydrogen) atoms. The predicted molar refractivity (Wildman–Crippen MR) is 66.1 cm³/mol. The summed E-state index contributed by atoms with van der Waals surface area (Å²) in [6, 6.07) is 3.54.